The van der Waals surface area contributed by atoms with E-state index in [1.165, 1.54) is 0 Å². The fourth-order valence-corrected chi connectivity index (χ4v) is 2.42. The van der Waals surface area contributed by atoms with Crippen LogP contribution in [0.1, 0.15) is 39.2 Å². The van der Waals surface area contributed by atoms with E-state index in [2.05, 4.69) is 41.0 Å². The minimum atomic E-state index is 0.243. The molecule has 0 saturated carbocycles. The highest BCUT2D eigenvalue weighted by Crippen LogP contribution is 2.19. The number of aromatic nitrogens is 2. The normalized spacial score (nSPS) is 23.1. The van der Waals surface area contributed by atoms with Crippen LogP contribution >= 0.6 is 0 Å². The Balaban J connectivity index is 2.00. The number of ether oxygens (including phenoxy) is 1. The van der Waals surface area contributed by atoms with Gasteiger partial charge in [-0.15, -0.1) is 0 Å². The highest BCUT2D eigenvalue weighted by atomic mass is 16.5. The van der Waals surface area contributed by atoms with Crippen molar-refractivity contribution in [1.82, 2.24) is 15.3 Å². The summed E-state index contributed by atoms with van der Waals surface area (Å²) in [6.45, 7) is 9.94. The van der Waals surface area contributed by atoms with Crippen molar-refractivity contribution in [2.45, 2.75) is 52.3 Å². The van der Waals surface area contributed by atoms with Crippen molar-refractivity contribution in [3.05, 3.63) is 18.0 Å². The average Bonchev–Trinajstić information content (AvgIpc) is 2.48. The first-order valence-corrected chi connectivity index (χ1v) is 7.64. The number of nitrogens with one attached hydrogen (secondary N) is 1. The molecule has 20 heavy (non-hydrogen) atoms. The van der Waals surface area contributed by atoms with Crippen LogP contribution in [-0.4, -0.2) is 41.8 Å². The number of anilines is 1. The maximum atomic E-state index is 5.72. The molecule has 0 amide bonds. The zero-order chi connectivity index (χ0) is 14.4. The predicted molar refractivity (Wildman–Crippen MR) is 80.9 cm³/mol. The molecule has 0 aromatic carbocycles. The summed E-state index contributed by atoms with van der Waals surface area (Å²) in [6.07, 6.45) is 6.29. The molecule has 2 atom stereocenters. The maximum Gasteiger partial charge on any atom is 0.225 e. The van der Waals surface area contributed by atoms with Gasteiger partial charge in [-0.1, -0.05) is 13.8 Å². The molecule has 0 aliphatic carbocycles. The molecule has 0 bridgehead atoms. The molecular formula is C15H26N4O. The SMILES string of the molecule is CCCNCc1cnc(N2CC(C)OCC2CC)nc1. The van der Waals surface area contributed by atoms with Gasteiger partial charge in [0.2, 0.25) is 5.95 Å². The van der Waals surface area contributed by atoms with Crippen molar-refractivity contribution in [2.24, 2.45) is 0 Å². The van der Waals surface area contributed by atoms with Crippen LogP contribution in [0.3, 0.4) is 0 Å². The van der Waals surface area contributed by atoms with E-state index in [0.29, 0.717) is 6.04 Å². The third-order valence-electron chi connectivity index (χ3n) is 3.64. The molecule has 2 heterocycles. The van der Waals surface area contributed by atoms with Gasteiger partial charge in [0.1, 0.15) is 0 Å². The maximum absolute atomic E-state index is 5.72. The molecule has 1 saturated heterocycles. The van der Waals surface area contributed by atoms with E-state index in [9.17, 15) is 0 Å². The first-order chi connectivity index (χ1) is 9.74. The number of hydrogen-bond acceptors (Lipinski definition) is 5. The van der Waals surface area contributed by atoms with E-state index in [-0.39, 0.29) is 6.10 Å². The second kappa shape index (κ2) is 7.55. The number of hydrogen-bond donors (Lipinski definition) is 1. The third kappa shape index (κ3) is 3.90. The van der Waals surface area contributed by atoms with Crippen molar-refractivity contribution in [1.29, 1.82) is 0 Å². The zero-order valence-electron chi connectivity index (χ0n) is 12.8. The van der Waals surface area contributed by atoms with Gasteiger partial charge in [0.25, 0.3) is 0 Å². The first-order valence-electron chi connectivity index (χ1n) is 7.64. The van der Waals surface area contributed by atoms with Crippen LogP contribution < -0.4 is 10.2 Å². The van der Waals surface area contributed by atoms with Crippen LogP contribution in [0.5, 0.6) is 0 Å². The summed E-state index contributed by atoms with van der Waals surface area (Å²) in [5.41, 5.74) is 1.14. The van der Waals surface area contributed by atoms with Crippen LogP contribution in [0.4, 0.5) is 5.95 Å². The molecule has 1 fully saturated rings. The van der Waals surface area contributed by atoms with E-state index >= 15 is 0 Å². The van der Waals surface area contributed by atoms with Crippen LogP contribution in [0.2, 0.25) is 0 Å². The minimum Gasteiger partial charge on any atom is -0.375 e. The average molecular weight is 278 g/mol. The molecule has 2 unspecified atom stereocenters. The Bertz CT molecular complexity index is 395. The Morgan fingerprint density at radius 2 is 2.10 bits per heavy atom. The molecule has 2 rings (SSSR count). The summed E-state index contributed by atoms with van der Waals surface area (Å²) >= 11 is 0. The predicted octanol–water partition coefficient (Wildman–Crippen LogP) is 1.98. The standard InChI is InChI=1S/C15H26N4O/c1-4-6-16-7-13-8-17-15(18-9-13)19-10-12(3)20-11-14(19)5-2/h8-9,12,14,16H,4-7,10-11H2,1-3H3. The van der Waals surface area contributed by atoms with E-state index in [1.54, 1.807) is 0 Å². The molecule has 0 spiro atoms. The lowest BCUT2D eigenvalue weighted by Gasteiger charge is -2.38. The number of morpholine rings is 1. The summed E-state index contributed by atoms with van der Waals surface area (Å²) in [5.74, 6) is 0.825. The summed E-state index contributed by atoms with van der Waals surface area (Å²) in [4.78, 5) is 11.3. The third-order valence-corrected chi connectivity index (χ3v) is 3.64. The van der Waals surface area contributed by atoms with Crippen LogP contribution in [0, 0.1) is 0 Å². The second-order valence-corrected chi connectivity index (χ2v) is 5.43. The Labute approximate surface area is 121 Å². The van der Waals surface area contributed by atoms with Gasteiger partial charge in [-0.25, -0.2) is 9.97 Å². The highest BCUT2D eigenvalue weighted by Gasteiger charge is 2.27. The van der Waals surface area contributed by atoms with Crippen molar-refractivity contribution in [2.75, 3.05) is 24.6 Å². The summed E-state index contributed by atoms with van der Waals surface area (Å²) in [7, 11) is 0. The van der Waals surface area contributed by atoms with Gasteiger partial charge in [0, 0.05) is 31.0 Å². The Hall–Kier alpha value is -1.20. The minimum absolute atomic E-state index is 0.243. The van der Waals surface area contributed by atoms with Gasteiger partial charge in [-0.05, 0) is 26.3 Å². The second-order valence-electron chi connectivity index (χ2n) is 5.43. The van der Waals surface area contributed by atoms with Crippen molar-refractivity contribution in [3.63, 3.8) is 0 Å². The quantitative estimate of drug-likeness (QED) is 0.806. The van der Waals surface area contributed by atoms with Crippen molar-refractivity contribution >= 4 is 5.95 Å². The molecule has 1 aliphatic heterocycles. The van der Waals surface area contributed by atoms with Gasteiger partial charge in [-0.3, -0.25) is 0 Å². The van der Waals surface area contributed by atoms with E-state index < -0.39 is 0 Å². The summed E-state index contributed by atoms with van der Waals surface area (Å²) < 4.78 is 5.72. The molecule has 1 N–H and O–H groups in total. The molecule has 0 radical (unpaired) electrons. The molecule has 1 aliphatic rings. The number of nitrogens with zero attached hydrogens (tertiary/aromatic N) is 3. The molecule has 112 valence electrons. The molecular weight excluding hydrogens is 252 g/mol. The summed E-state index contributed by atoms with van der Waals surface area (Å²) in [6, 6.07) is 0.385. The van der Waals surface area contributed by atoms with E-state index in [0.717, 1.165) is 50.6 Å². The zero-order valence-corrected chi connectivity index (χ0v) is 12.8. The fourth-order valence-electron chi connectivity index (χ4n) is 2.42. The Kier molecular flexibility index (Phi) is 5.73. The van der Waals surface area contributed by atoms with Gasteiger partial charge in [-0.2, -0.15) is 0 Å². The monoisotopic (exact) mass is 278 g/mol. The highest BCUT2D eigenvalue weighted by molar-refractivity contribution is 5.33. The Morgan fingerprint density at radius 1 is 1.35 bits per heavy atom. The number of rotatable bonds is 6. The Morgan fingerprint density at radius 3 is 2.75 bits per heavy atom. The van der Waals surface area contributed by atoms with Gasteiger partial charge in [0.15, 0.2) is 0 Å². The van der Waals surface area contributed by atoms with Crippen LogP contribution in [0.15, 0.2) is 12.4 Å². The summed E-state index contributed by atoms with van der Waals surface area (Å²) in [5, 5.41) is 3.36. The van der Waals surface area contributed by atoms with Gasteiger partial charge in [0.05, 0.1) is 18.8 Å². The lowest BCUT2D eigenvalue weighted by Crippen LogP contribution is -2.49. The molecule has 1 aromatic rings. The first kappa shape index (κ1) is 15.2. The van der Waals surface area contributed by atoms with E-state index in [4.69, 9.17) is 4.74 Å². The molecule has 5 heteroatoms. The topological polar surface area (TPSA) is 50.3 Å². The van der Waals surface area contributed by atoms with Crippen LogP contribution in [-0.2, 0) is 11.3 Å². The fraction of sp³-hybridized carbons (Fsp3) is 0.733. The van der Waals surface area contributed by atoms with Gasteiger partial charge >= 0.3 is 0 Å². The lowest BCUT2D eigenvalue weighted by atomic mass is 10.1. The van der Waals surface area contributed by atoms with Crippen LogP contribution in [0.25, 0.3) is 0 Å². The van der Waals surface area contributed by atoms with Crippen molar-refractivity contribution in [3.8, 4) is 0 Å². The smallest absolute Gasteiger partial charge is 0.225 e. The largest absolute Gasteiger partial charge is 0.375 e. The van der Waals surface area contributed by atoms with E-state index in [1.807, 2.05) is 12.4 Å². The van der Waals surface area contributed by atoms with Crippen molar-refractivity contribution < 1.29 is 4.74 Å². The molecule has 5 nitrogen and oxygen atoms in total. The lowest BCUT2D eigenvalue weighted by molar-refractivity contribution is 0.0292. The molecule has 1 aromatic heterocycles. The van der Waals surface area contributed by atoms with Gasteiger partial charge < -0.3 is 15.0 Å².